The summed E-state index contributed by atoms with van der Waals surface area (Å²) in [5.41, 5.74) is 3.05. The van der Waals surface area contributed by atoms with Crippen molar-refractivity contribution in [2.24, 2.45) is 0 Å². The van der Waals surface area contributed by atoms with Gasteiger partial charge in [0.15, 0.2) is 0 Å². The minimum Gasteiger partial charge on any atom is -0.435 e. The third-order valence-electron chi connectivity index (χ3n) is 4.37. The van der Waals surface area contributed by atoms with Gasteiger partial charge in [0, 0.05) is 6.54 Å². The van der Waals surface area contributed by atoms with E-state index < -0.39 is 6.61 Å². The summed E-state index contributed by atoms with van der Waals surface area (Å²) in [7, 11) is 0. The number of alkyl halides is 2. The SMILES string of the molecule is FC(F)Oc1ccc([C@H](NCc2nc3ccccc3s2)c2ccccc2)cc1. The number of nitrogens with zero attached hydrogens (tertiary/aromatic N) is 1. The molecule has 142 valence electrons. The average Bonchev–Trinajstić information content (AvgIpc) is 3.13. The Kier molecular flexibility index (Phi) is 5.60. The van der Waals surface area contributed by atoms with Gasteiger partial charge in [-0.3, -0.25) is 5.32 Å². The summed E-state index contributed by atoms with van der Waals surface area (Å²) in [4.78, 5) is 4.67. The Bertz CT molecular complexity index is 1000. The Morgan fingerprint density at radius 2 is 1.54 bits per heavy atom. The van der Waals surface area contributed by atoms with Gasteiger partial charge in [0.25, 0.3) is 0 Å². The summed E-state index contributed by atoms with van der Waals surface area (Å²) in [5, 5.41) is 4.55. The van der Waals surface area contributed by atoms with Crippen LogP contribution in [-0.2, 0) is 6.54 Å². The number of aromatic nitrogens is 1. The largest absolute Gasteiger partial charge is 0.435 e. The number of para-hydroxylation sites is 1. The second kappa shape index (κ2) is 8.46. The van der Waals surface area contributed by atoms with E-state index in [0.29, 0.717) is 6.54 Å². The molecule has 0 aliphatic carbocycles. The van der Waals surface area contributed by atoms with Gasteiger partial charge < -0.3 is 4.74 Å². The molecule has 1 aromatic heterocycles. The van der Waals surface area contributed by atoms with E-state index in [1.807, 2.05) is 48.5 Å². The van der Waals surface area contributed by atoms with E-state index in [1.54, 1.807) is 35.6 Å². The van der Waals surface area contributed by atoms with E-state index in [1.165, 1.54) is 0 Å². The zero-order valence-corrected chi connectivity index (χ0v) is 15.7. The fraction of sp³-hybridized carbons (Fsp3) is 0.136. The molecule has 0 spiro atoms. The molecule has 0 unspecified atom stereocenters. The van der Waals surface area contributed by atoms with Gasteiger partial charge in [-0.15, -0.1) is 11.3 Å². The molecule has 4 rings (SSSR count). The molecule has 28 heavy (non-hydrogen) atoms. The molecule has 0 saturated carbocycles. The Morgan fingerprint density at radius 3 is 2.25 bits per heavy atom. The van der Waals surface area contributed by atoms with Gasteiger partial charge in [0.05, 0.1) is 16.3 Å². The normalized spacial score (nSPS) is 12.4. The van der Waals surface area contributed by atoms with E-state index in [0.717, 1.165) is 26.4 Å². The number of hydrogen-bond donors (Lipinski definition) is 1. The lowest BCUT2D eigenvalue weighted by molar-refractivity contribution is -0.0498. The number of halogens is 2. The van der Waals surface area contributed by atoms with Crippen LogP contribution in [0.5, 0.6) is 5.75 Å². The first-order chi connectivity index (χ1) is 13.7. The van der Waals surface area contributed by atoms with Crippen LogP contribution in [0.3, 0.4) is 0 Å². The lowest BCUT2D eigenvalue weighted by atomic mass is 9.98. The van der Waals surface area contributed by atoms with Gasteiger partial charge >= 0.3 is 6.61 Å². The summed E-state index contributed by atoms with van der Waals surface area (Å²) in [6.45, 7) is -2.22. The highest BCUT2D eigenvalue weighted by atomic mass is 32.1. The molecule has 6 heteroatoms. The number of benzene rings is 3. The van der Waals surface area contributed by atoms with Crippen molar-refractivity contribution in [1.82, 2.24) is 10.3 Å². The van der Waals surface area contributed by atoms with Gasteiger partial charge in [-0.2, -0.15) is 8.78 Å². The fourth-order valence-corrected chi connectivity index (χ4v) is 4.02. The first kappa shape index (κ1) is 18.5. The summed E-state index contributed by atoms with van der Waals surface area (Å²) in [5.74, 6) is 0.150. The van der Waals surface area contributed by atoms with Gasteiger partial charge in [0.1, 0.15) is 10.8 Å². The van der Waals surface area contributed by atoms with E-state index >= 15 is 0 Å². The average molecular weight is 396 g/mol. The predicted molar refractivity (Wildman–Crippen MR) is 108 cm³/mol. The summed E-state index contributed by atoms with van der Waals surface area (Å²) >= 11 is 1.66. The van der Waals surface area contributed by atoms with Crippen molar-refractivity contribution in [2.75, 3.05) is 0 Å². The van der Waals surface area contributed by atoms with Gasteiger partial charge in [-0.1, -0.05) is 54.6 Å². The topological polar surface area (TPSA) is 34.1 Å². The zero-order valence-electron chi connectivity index (χ0n) is 14.9. The second-order valence-electron chi connectivity index (χ2n) is 6.25. The molecule has 1 N–H and O–H groups in total. The van der Waals surface area contributed by atoms with Gasteiger partial charge in [-0.25, -0.2) is 4.98 Å². The molecule has 0 fully saturated rings. The molecule has 0 radical (unpaired) electrons. The van der Waals surface area contributed by atoms with Crippen molar-refractivity contribution in [3.63, 3.8) is 0 Å². The third-order valence-corrected chi connectivity index (χ3v) is 5.40. The summed E-state index contributed by atoms with van der Waals surface area (Å²) < 4.78 is 30.4. The van der Waals surface area contributed by atoms with E-state index in [9.17, 15) is 8.78 Å². The lowest BCUT2D eigenvalue weighted by Gasteiger charge is -2.19. The Labute approximate surface area is 165 Å². The van der Waals surface area contributed by atoms with Crippen LogP contribution >= 0.6 is 11.3 Å². The van der Waals surface area contributed by atoms with Crippen LogP contribution in [0, 0.1) is 0 Å². The van der Waals surface area contributed by atoms with Crippen LogP contribution in [0.1, 0.15) is 22.2 Å². The smallest absolute Gasteiger partial charge is 0.387 e. The predicted octanol–water partition coefficient (Wildman–Crippen LogP) is 5.78. The highest BCUT2D eigenvalue weighted by Crippen LogP contribution is 2.27. The molecule has 0 aliphatic rings. The molecule has 4 aromatic rings. The molecule has 3 nitrogen and oxygen atoms in total. The lowest BCUT2D eigenvalue weighted by Crippen LogP contribution is -2.22. The van der Waals surface area contributed by atoms with Crippen molar-refractivity contribution in [3.05, 3.63) is 95.0 Å². The Morgan fingerprint density at radius 1 is 0.857 bits per heavy atom. The number of fused-ring (bicyclic) bond motifs is 1. The molecule has 0 amide bonds. The quantitative estimate of drug-likeness (QED) is 0.430. The minimum atomic E-state index is -2.83. The third kappa shape index (κ3) is 4.35. The van der Waals surface area contributed by atoms with E-state index in [-0.39, 0.29) is 11.8 Å². The van der Waals surface area contributed by atoms with Crippen LogP contribution in [0.25, 0.3) is 10.2 Å². The maximum Gasteiger partial charge on any atom is 0.387 e. The Balaban J connectivity index is 1.57. The summed E-state index contributed by atoms with van der Waals surface area (Å²) in [6, 6.07) is 24.7. The standard InChI is InChI=1S/C22H18F2N2OS/c23-22(24)27-17-12-10-16(11-13-17)21(15-6-2-1-3-7-15)25-14-20-26-18-8-4-5-9-19(18)28-20/h1-13,21-22,25H,14H2/t21-/m1/s1. The number of ether oxygens (including phenoxy) is 1. The van der Waals surface area contributed by atoms with Crippen LogP contribution in [0.4, 0.5) is 8.78 Å². The van der Waals surface area contributed by atoms with E-state index in [2.05, 4.69) is 21.1 Å². The molecule has 3 aromatic carbocycles. The monoisotopic (exact) mass is 396 g/mol. The van der Waals surface area contributed by atoms with Crippen molar-refractivity contribution >= 4 is 21.6 Å². The zero-order chi connectivity index (χ0) is 19.3. The second-order valence-corrected chi connectivity index (χ2v) is 7.36. The fourth-order valence-electron chi connectivity index (χ4n) is 3.10. The van der Waals surface area contributed by atoms with Crippen LogP contribution < -0.4 is 10.1 Å². The highest BCUT2D eigenvalue weighted by molar-refractivity contribution is 7.18. The number of nitrogens with one attached hydrogen (secondary N) is 1. The van der Waals surface area contributed by atoms with Crippen LogP contribution in [0.2, 0.25) is 0 Å². The van der Waals surface area contributed by atoms with Crippen molar-refractivity contribution in [3.8, 4) is 5.75 Å². The molecule has 0 saturated heterocycles. The molecule has 0 aliphatic heterocycles. The minimum absolute atomic E-state index is 0.0891. The maximum absolute atomic E-state index is 12.4. The molecule has 1 atom stereocenters. The number of thiazole rings is 1. The van der Waals surface area contributed by atoms with Crippen molar-refractivity contribution < 1.29 is 13.5 Å². The Hall–Kier alpha value is -2.83. The first-order valence-electron chi connectivity index (χ1n) is 8.86. The van der Waals surface area contributed by atoms with Crippen molar-refractivity contribution in [2.45, 2.75) is 19.2 Å². The van der Waals surface area contributed by atoms with Crippen molar-refractivity contribution in [1.29, 1.82) is 0 Å². The molecule has 0 bridgehead atoms. The molecule has 1 heterocycles. The van der Waals surface area contributed by atoms with Crippen LogP contribution in [-0.4, -0.2) is 11.6 Å². The summed E-state index contributed by atoms with van der Waals surface area (Å²) in [6.07, 6.45) is 0. The van der Waals surface area contributed by atoms with Crippen LogP contribution in [0.15, 0.2) is 78.9 Å². The highest BCUT2D eigenvalue weighted by Gasteiger charge is 2.15. The molecular formula is C22H18F2N2OS. The van der Waals surface area contributed by atoms with E-state index in [4.69, 9.17) is 0 Å². The number of hydrogen-bond acceptors (Lipinski definition) is 4. The molecular weight excluding hydrogens is 378 g/mol. The first-order valence-corrected chi connectivity index (χ1v) is 9.68. The number of rotatable bonds is 7. The van der Waals surface area contributed by atoms with Gasteiger partial charge in [-0.05, 0) is 35.4 Å². The van der Waals surface area contributed by atoms with Gasteiger partial charge in [0.2, 0.25) is 0 Å². The maximum atomic E-state index is 12.4.